The molecule has 2 N–H and O–H groups in total. The van der Waals surface area contributed by atoms with Crippen LogP contribution < -0.4 is 15.2 Å². The van der Waals surface area contributed by atoms with Crippen molar-refractivity contribution in [3.8, 4) is 34.0 Å². The maximum Gasteiger partial charge on any atom is 0.183 e. The number of nitrogen functional groups attached to an aromatic ring is 1. The lowest BCUT2D eigenvalue weighted by Crippen LogP contribution is -1.98. The molecule has 0 atom stereocenters. The number of benzene rings is 2. The molecule has 10 heteroatoms. The minimum atomic E-state index is 0. The van der Waals surface area contributed by atoms with Crippen LogP contribution in [0.5, 0.6) is 11.5 Å². The van der Waals surface area contributed by atoms with E-state index in [1.54, 1.807) is 20.5 Å². The van der Waals surface area contributed by atoms with Crippen LogP contribution in [0.3, 0.4) is 0 Å². The van der Waals surface area contributed by atoms with Gasteiger partial charge in [0.05, 0.1) is 42.6 Å². The second kappa shape index (κ2) is 10.4. The van der Waals surface area contributed by atoms with E-state index in [0.717, 1.165) is 38.4 Å². The highest BCUT2D eigenvalue weighted by atomic mass is 35.5. The Labute approximate surface area is 204 Å². The summed E-state index contributed by atoms with van der Waals surface area (Å²) in [5, 5.41) is 1.72. The first kappa shape index (κ1) is 26.8. The third-order valence-electron chi connectivity index (χ3n) is 4.93. The molecular formula is C21H24Cl4N4O2. The quantitative estimate of drug-likeness (QED) is 0.358. The topological polar surface area (TPSA) is 67.2 Å². The van der Waals surface area contributed by atoms with Crippen LogP contribution in [0.1, 0.15) is 0 Å². The lowest BCUT2D eigenvalue weighted by Gasteiger charge is -2.13. The Morgan fingerprint density at radius 3 is 2.29 bits per heavy atom. The number of aromatic nitrogens is 3. The van der Waals surface area contributed by atoms with Gasteiger partial charge in [-0.3, -0.25) is 0 Å². The first-order chi connectivity index (χ1) is 13.4. The molecule has 31 heavy (non-hydrogen) atoms. The van der Waals surface area contributed by atoms with Crippen molar-refractivity contribution in [1.82, 2.24) is 14.1 Å². The summed E-state index contributed by atoms with van der Waals surface area (Å²) in [5.74, 6) is 1.08. The number of aryl methyl sites for hydroxylation is 2. The van der Waals surface area contributed by atoms with Gasteiger partial charge in [0.1, 0.15) is 0 Å². The van der Waals surface area contributed by atoms with Crippen LogP contribution in [-0.4, -0.2) is 28.3 Å². The Morgan fingerprint density at radius 2 is 1.65 bits per heavy atom. The van der Waals surface area contributed by atoms with Gasteiger partial charge in [-0.2, -0.15) is 0 Å². The number of rotatable bonds is 4. The summed E-state index contributed by atoms with van der Waals surface area (Å²) >= 11 is 6.41. The van der Waals surface area contributed by atoms with E-state index in [4.69, 9.17) is 26.8 Å². The summed E-state index contributed by atoms with van der Waals surface area (Å²) in [6.45, 7) is 0. The minimum absolute atomic E-state index is 0. The number of nitrogens with two attached hydrogens (primary N) is 1. The van der Waals surface area contributed by atoms with E-state index < -0.39 is 0 Å². The summed E-state index contributed by atoms with van der Waals surface area (Å²) in [5.41, 5.74) is 11.4. The fourth-order valence-corrected chi connectivity index (χ4v) is 3.90. The zero-order valence-electron chi connectivity index (χ0n) is 17.4. The number of fused-ring (bicyclic) bond motifs is 1. The first-order valence-corrected chi connectivity index (χ1v) is 9.10. The molecule has 0 radical (unpaired) electrons. The molecule has 0 aliphatic carbocycles. The standard InChI is InChI=1S/C21H21ClN4O2.3ClH/c1-25-10-15(22)14-7-12(5-6-17(14)25)20-19(24-11-26(20)2)13-8-16(23)21(28-4)18(9-13)27-3;;;/h5-11H,23H2,1-4H3;3*1H. The highest BCUT2D eigenvalue weighted by Gasteiger charge is 2.18. The number of hydrogen-bond donors (Lipinski definition) is 1. The summed E-state index contributed by atoms with van der Waals surface area (Å²) in [6, 6.07) is 9.96. The fourth-order valence-electron chi connectivity index (χ4n) is 3.60. The van der Waals surface area contributed by atoms with Gasteiger partial charge in [-0.1, -0.05) is 17.7 Å². The Bertz CT molecular complexity index is 1200. The molecule has 168 valence electrons. The van der Waals surface area contributed by atoms with Gasteiger partial charge in [0.15, 0.2) is 11.5 Å². The molecular weight excluding hydrogens is 482 g/mol. The molecule has 0 unspecified atom stereocenters. The Balaban J connectivity index is 0.00000160. The van der Waals surface area contributed by atoms with Crippen molar-refractivity contribution in [2.75, 3.05) is 20.0 Å². The summed E-state index contributed by atoms with van der Waals surface area (Å²) in [4.78, 5) is 4.61. The number of nitrogens with zero attached hydrogens (tertiary/aromatic N) is 3. The molecule has 4 aromatic rings. The monoisotopic (exact) mass is 504 g/mol. The van der Waals surface area contributed by atoms with Crippen molar-refractivity contribution in [3.05, 3.63) is 47.9 Å². The van der Waals surface area contributed by atoms with E-state index in [9.17, 15) is 0 Å². The van der Waals surface area contributed by atoms with Crippen LogP contribution in [0.15, 0.2) is 42.9 Å². The largest absolute Gasteiger partial charge is 0.493 e. The summed E-state index contributed by atoms with van der Waals surface area (Å²) in [7, 11) is 7.10. The highest BCUT2D eigenvalue weighted by Crippen LogP contribution is 2.41. The Hall–Kier alpha value is -2.25. The molecule has 2 aromatic heterocycles. The fraction of sp³-hybridized carbons (Fsp3) is 0.190. The van der Waals surface area contributed by atoms with Crippen molar-refractivity contribution in [2.24, 2.45) is 14.1 Å². The molecule has 0 saturated carbocycles. The molecule has 6 nitrogen and oxygen atoms in total. The second-order valence-electron chi connectivity index (χ2n) is 6.67. The van der Waals surface area contributed by atoms with Crippen LogP contribution in [0.25, 0.3) is 33.4 Å². The maximum atomic E-state index is 6.41. The van der Waals surface area contributed by atoms with Crippen LogP contribution in [-0.2, 0) is 14.1 Å². The third kappa shape index (κ3) is 4.53. The van der Waals surface area contributed by atoms with Gasteiger partial charge in [-0.05, 0) is 24.3 Å². The average molecular weight is 506 g/mol. The molecule has 2 aromatic carbocycles. The van der Waals surface area contributed by atoms with Crippen molar-refractivity contribution in [2.45, 2.75) is 0 Å². The first-order valence-electron chi connectivity index (χ1n) is 8.72. The molecule has 4 rings (SSSR count). The molecule has 0 saturated heterocycles. The van der Waals surface area contributed by atoms with Crippen LogP contribution >= 0.6 is 48.8 Å². The van der Waals surface area contributed by atoms with E-state index in [2.05, 4.69) is 23.2 Å². The van der Waals surface area contributed by atoms with Gasteiger partial charge in [-0.25, -0.2) is 4.98 Å². The van der Waals surface area contributed by atoms with Gasteiger partial charge in [0.2, 0.25) is 0 Å². The van der Waals surface area contributed by atoms with Gasteiger partial charge < -0.3 is 24.3 Å². The molecule has 0 amide bonds. The number of hydrogen-bond acceptors (Lipinski definition) is 4. The van der Waals surface area contributed by atoms with Gasteiger partial charge in [0.25, 0.3) is 0 Å². The molecule has 0 aliphatic rings. The average Bonchev–Trinajstić information content (AvgIpc) is 3.20. The number of anilines is 1. The van der Waals surface area contributed by atoms with Crippen LogP contribution in [0.2, 0.25) is 5.02 Å². The van der Waals surface area contributed by atoms with E-state index in [1.165, 1.54) is 0 Å². The smallest absolute Gasteiger partial charge is 0.183 e. The lowest BCUT2D eigenvalue weighted by atomic mass is 10.0. The number of methoxy groups -OCH3 is 2. The number of imidazole rings is 1. The van der Waals surface area contributed by atoms with E-state index in [0.29, 0.717) is 17.2 Å². The highest BCUT2D eigenvalue weighted by molar-refractivity contribution is 6.35. The van der Waals surface area contributed by atoms with Crippen molar-refractivity contribution >= 4 is 65.4 Å². The zero-order chi connectivity index (χ0) is 20.0. The zero-order valence-corrected chi connectivity index (χ0v) is 20.6. The molecule has 0 aliphatic heterocycles. The third-order valence-corrected chi connectivity index (χ3v) is 5.23. The predicted octanol–water partition coefficient (Wildman–Crippen LogP) is 5.76. The Morgan fingerprint density at radius 1 is 0.935 bits per heavy atom. The van der Waals surface area contributed by atoms with Gasteiger partial charge in [-0.15, -0.1) is 37.2 Å². The lowest BCUT2D eigenvalue weighted by molar-refractivity contribution is 0.356. The molecule has 0 bridgehead atoms. The Kier molecular flexibility index (Phi) is 8.96. The predicted molar refractivity (Wildman–Crippen MR) is 135 cm³/mol. The van der Waals surface area contributed by atoms with Crippen molar-refractivity contribution in [3.63, 3.8) is 0 Å². The van der Waals surface area contributed by atoms with Crippen LogP contribution in [0, 0.1) is 0 Å². The van der Waals surface area contributed by atoms with Gasteiger partial charge in [0, 0.05) is 42.3 Å². The molecule has 2 heterocycles. The van der Waals surface area contributed by atoms with E-state index in [1.807, 2.05) is 41.6 Å². The minimum Gasteiger partial charge on any atom is -0.493 e. The van der Waals surface area contributed by atoms with Crippen molar-refractivity contribution < 1.29 is 9.47 Å². The second-order valence-corrected chi connectivity index (χ2v) is 7.08. The van der Waals surface area contributed by atoms with E-state index in [-0.39, 0.29) is 37.2 Å². The molecule has 0 fully saturated rings. The normalized spacial score (nSPS) is 10.1. The SMILES string of the molecule is COc1cc(-c2ncn(C)c2-c2ccc3c(c2)c(Cl)cn3C)cc(N)c1OC.Cl.Cl.Cl. The number of ether oxygens (including phenoxy) is 2. The summed E-state index contributed by atoms with van der Waals surface area (Å²) in [6.07, 6.45) is 3.70. The van der Waals surface area contributed by atoms with Crippen molar-refractivity contribution in [1.29, 1.82) is 0 Å². The van der Waals surface area contributed by atoms with Gasteiger partial charge >= 0.3 is 0 Å². The van der Waals surface area contributed by atoms with Crippen LogP contribution in [0.4, 0.5) is 5.69 Å². The number of halogens is 4. The molecule has 0 spiro atoms. The maximum absolute atomic E-state index is 6.41. The van der Waals surface area contributed by atoms with E-state index >= 15 is 0 Å². The summed E-state index contributed by atoms with van der Waals surface area (Å²) < 4.78 is 14.8.